The minimum absolute atomic E-state index is 0.0877. The van der Waals surface area contributed by atoms with Crippen LogP contribution in [0.5, 0.6) is 5.75 Å². The number of aryl methyl sites for hydroxylation is 1. The molecule has 0 amide bonds. The van der Waals surface area contributed by atoms with Crippen LogP contribution in [0, 0.1) is 6.92 Å². The number of hydrogen-bond donors (Lipinski definition) is 3. The Hall–Kier alpha value is -4.33. The third-order valence-corrected chi connectivity index (χ3v) is 16.9. The summed E-state index contributed by atoms with van der Waals surface area (Å²) in [6, 6.07) is 29.3. The molecule has 12 heteroatoms. The standard InChI is InChI=1S/C44H60N8O3Si/c1-7-14-34(21-24-55-56(44(3,4)5,37-15-10-8-11-16-37)38-17-12-9-13-18-38)46-42-41-40(47-43(45)48-42)31(2)49-52(41)28-33-20-19-32(25-39(33)54-6)27-51-30-35-26-36(51)29-50(35)22-23-53/h8-13,15-20,25,34-36,53H,7,14,21-24,26-30H2,1-6H3,(H3,45,46,47,48)/t34-,35+,36+/m0/s1. The Morgan fingerprint density at radius 3 is 2.21 bits per heavy atom. The maximum atomic E-state index is 9.44. The molecule has 11 nitrogen and oxygen atoms in total. The number of hydrogen-bond acceptors (Lipinski definition) is 10. The van der Waals surface area contributed by atoms with E-state index in [-0.39, 0.29) is 23.6 Å². The molecule has 5 aromatic rings. The van der Waals surface area contributed by atoms with E-state index in [0.29, 0.717) is 31.1 Å². The van der Waals surface area contributed by atoms with Gasteiger partial charge in [-0.1, -0.05) is 107 Å². The van der Waals surface area contributed by atoms with E-state index >= 15 is 0 Å². The number of methoxy groups -OCH3 is 1. The van der Waals surface area contributed by atoms with Gasteiger partial charge < -0.3 is 25.3 Å². The molecule has 2 aliphatic heterocycles. The SMILES string of the molecule is CCC[C@@H](CCO[Si](c1ccccc1)(c1ccccc1)C(C)(C)C)Nc1nc(N)nc2c(C)nn(Cc3ccc(CN4C[C@H]5C[C@@H]4CN5CCO)cc3OC)c12. The lowest BCUT2D eigenvalue weighted by molar-refractivity contribution is 0.105. The lowest BCUT2D eigenvalue weighted by Crippen LogP contribution is -2.66. The van der Waals surface area contributed by atoms with Gasteiger partial charge >= 0.3 is 0 Å². The van der Waals surface area contributed by atoms with Crippen molar-refractivity contribution >= 4 is 41.5 Å². The predicted molar refractivity (Wildman–Crippen MR) is 228 cm³/mol. The molecule has 2 saturated heterocycles. The first kappa shape index (κ1) is 39.9. The molecular weight excluding hydrogens is 717 g/mol. The summed E-state index contributed by atoms with van der Waals surface area (Å²) in [6.07, 6.45) is 3.92. The molecule has 0 unspecified atom stereocenters. The van der Waals surface area contributed by atoms with Gasteiger partial charge in [0.2, 0.25) is 5.95 Å². The van der Waals surface area contributed by atoms with E-state index in [9.17, 15) is 5.11 Å². The zero-order chi connectivity index (χ0) is 39.5. The lowest BCUT2D eigenvalue weighted by atomic mass is 10.1. The van der Waals surface area contributed by atoms with Crippen molar-refractivity contribution in [3.05, 3.63) is 95.7 Å². The van der Waals surface area contributed by atoms with Crippen molar-refractivity contribution in [1.29, 1.82) is 0 Å². The second-order valence-corrected chi connectivity index (χ2v) is 20.9. The molecular formula is C44H60N8O3Si. The first-order chi connectivity index (χ1) is 27.0. The number of benzene rings is 3. The molecule has 2 bridgehead atoms. The maximum Gasteiger partial charge on any atom is 0.261 e. The first-order valence-electron chi connectivity index (χ1n) is 20.3. The largest absolute Gasteiger partial charge is 0.496 e. The zero-order valence-corrected chi connectivity index (χ0v) is 35.0. The number of aliphatic hydroxyl groups is 1. The summed E-state index contributed by atoms with van der Waals surface area (Å²) in [5.41, 5.74) is 11.0. The molecule has 2 aromatic heterocycles. The van der Waals surface area contributed by atoms with Gasteiger partial charge in [-0.05, 0) is 53.2 Å². The highest BCUT2D eigenvalue weighted by Crippen LogP contribution is 2.37. The van der Waals surface area contributed by atoms with Crippen molar-refractivity contribution in [3.63, 3.8) is 0 Å². The Balaban J connectivity index is 1.11. The van der Waals surface area contributed by atoms with Crippen molar-refractivity contribution in [2.45, 2.75) is 96.6 Å². The fourth-order valence-electron chi connectivity index (χ4n) is 9.25. The Morgan fingerprint density at radius 2 is 1.61 bits per heavy atom. The van der Waals surface area contributed by atoms with Crippen LogP contribution in [0.3, 0.4) is 0 Å². The number of piperazine rings is 1. The van der Waals surface area contributed by atoms with E-state index in [1.807, 2.05) is 11.6 Å². The van der Waals surface area contributed by atoms with E-state index in [2.05, 4.69) is 127 Å². The highest BCUT2D eigenvalue weighted by Gasteiger charge is 2.50. The Labute approximate surface area is 333 Å². The van der Waals surface area contributed by atoms with Crippen molar-refractivity contribution in [1.82, 2.24) is 29.5 Å². The smallest absolute Gasteiger partial charge is 0.261 e. The minimum atomic E-state index is -2.68. The number of nitrogens with one attached hydrogen (secondary N) is 1. The molecule has 298 valence electrons. The van der Waals surface area contributed by atoms with Gasteiger partial charge in [-0.15, -0.1) is 0 Å². The fourth-order valence-corrected chi connectivity index (χ4v) is 13.8. The van der Waals surface area contributed by atoms with Crippen LogP contribution in [0.4, 0.5) is 11.8 Å². The second kappa shape index (κ2) is 17.0. The molecule has 0 spiro atoms. The fraction of sp³-hybridized carbons (Fsp3) is 0.477. The number of nitrogens with zero attached hydrogens (tertiary/aromatic N) is 6. The number of fused-ring (bicyclic) bond motifs is 3. The molecule has 2 fully saturated rings. The number of nitrogens with two attached hydrogens (primary N) is 1. The van der Waals surface area contributed by atoms with Crippen LogP contribution in [0.25, 0.3) is 11.0 Å². The number of ether oxygens (including phenoxy) is 1. The van der Waals surface area contributed by atoms with Crippen molar-refractivity contribution in [2.75, 3.05) is 51.0 Å². The summed E-state index contributed by atoms with van der Waals surface area (Å²) in [6.45, 7) is 16.2. The molecule has 3 atom stereocenters. The van der Waals surface area contributed by atoms with E-state index in [1.54, 1.807) is 7.11 Å². The molecule has 4 N–H and O–H groups in total. The predicted octanol–water partition coefficient (Wildman–Crippen LogP) is 5.57. The highest BCUT2D eigenvalue weighted by atomic mass is 28.4. The molecule has 4 heterocycles. The minimum Gasteiger partial charge on any atom is -0.496 e. The van der Waals surface area contributed by atoms with Crippen LogP contribution < -0.4 is 26.2 Å². The Kier molecular flexibility index (Phi) is 12.1. The average molecular weight is 777 g/mol. The summed E-state index contributed by atoms with van der Waals surface area (Å²) in [7, 11) is -0.942. The summed E-state index contributed by atoms with van der Waals surface area (Å²) < 4.78 is 15.3. The molecule has 2 aliphatic rings. The number of aliphatic hydroxyl groups excluding tert-OH is 1. The van der Waals surface area contributed by atoms with E-state index in [1.165, 1.54) is 22.4 Å². The van der Waals surface area contributed by atoms with Gasteiger partial charge in [-0.3, -0.25) is 14.5 Å². The van der Waals surface area contributed by atoms with Gasteiger partial charge in [-0.2, -0.15) is 10.1 Å². The summed E-state index contributed by atoms with van der Waals surface area (Å²) >= 11 is 0. The van der Waals surface area contributed by atoms with Crippen molar-refractivity contribution in [2.24, 2.45) is 0 Å². The summed E-state index contributed by atoms with van der Waals surface area (Å²) in [4.78, 5) is 14.4. The number of anilines is 2. The van der Waals surface area contributed by atoms with Crippen molar-refractivity contribution in [3.8, 4) is 5.75 Å². The molecule has 0 saturated carbocycles. The number of likely N-dealkylation sites (tertiary alicyclic amines) is 2. The normalized spacial score (nSPS) is 18.2. The maximum absolute atomic E-state index is 9.44. The number of aromatic nitrogens is 4. The van der Waals surface area contributed by atoms with E-state index in [0.717, 1.165) is 73.5 Å². The van der Waals surface area contributed by atoms with Gasteiger partial charge in [0.05, 0.1) is 26.0 Å². The molecule has 7 rings (SSSR count). The average Bonchev–Trinajstić information content (AvgIpc) is 3.86. The topological polar surface area (TPSA) is 127 Å². The van der Waals surface area contributed by atoms with Crippen LogP contribution >= 0.6 is 0 Å². The monoisotopic (exact) mass is 776 g/mol. The molecule has 0 aliphatic carbocycles. The van der Waals surface area contributed by atoms with Gasteiger partial charge in [0.25, 0.3) is 8.32 Å². The summed E-state index contributed by atoms with van der Waals surface area (Å²) in [5.74, 6) is 1.75. The van der Waals surface area contributed by atoms with Crippen LogP contribution in [0.2, 0.25) is 5.04 Å². The highest BCUT2D eigenvalue weighted by molar-refractivity contribution is 6.99. The summed E-state index contributed by atoms with van der Waals surface area (Å²) in [5, 5.41) is 20.7. The zero-order valence-electron chi connectivity index (χ0n) is 34.0. The van der Waals surface area contributed by atoms with E-state index < -0.39 is 8.32 Å². The first-order valence-corrected chi connectivity index (χ1v) is 22.2. The van der Waals surface area contributed by atoms with Crippen LogP contribution in [0.1, 0.15) is 70.2 Å². The van der Waals surface area contributed by atoms with Crippen LogP contribution in [-0.4, -0.2) is 101 Å². The third-order valence-electron chi connectivity index (χ3n) is 11.9. The number of rotatable bonds is 17. The van der Waals surface area contributed by atoms with Gasteiger partial charge in [0.1, 0.15) is 16.8 Å². The lowest BCUT2D eigenvalue weighted by Gasteiger charge is -2.43. The molecule has 3 aromatic carbocycles. The Morgan fingerprint density at radius 1 is 0.929 bits per heavy atom. The van der Waals surface area contributed by atoms with E-state index in [4.69, 9.17) is 25.0 Å². The Bertz CT molecular complexity index is 2030. The number of β-amino-alcohol motifs (C(OH)–C–C–N with tert-alkyl or cyclic N) is 1. The van der Waals surface area contributed by atoms with Gasteiger partial charge in [0, 0.05) is 56.5 Å². The second-order valence-electron chi connectivity index (χ2n) is 16.6. The quantitative estimate of drug-likeness (QED) is 0.103. The number of nitrogen functional groups attached to an aromatic ring is 1. The third kappa shape index (κ3) is 8.08. The van der Waals surface area contributed by atoms with Crippen LogP contribution in [0.15, 0.2) is 78.9 Å². The molecule has 56 heavy (non-hydrogen) atoms. The van der Waals surface area contributed by atoms with Crippen molar-refractivity contribution < 1.29 is 14.3 Å². The van der Waals surface area contributed by atoms with Crippen LogP contribution in [-0.2, 0) is 17.5 Å². The molecule has 0 radical (unpaired) electrons. The van der Waals surface area contributed by atoms with Gasteiger partial charge in [-0.25, -0.2) is 4.98 Å². The van der Waals surface area contributed by atoms with Gasteiger partial charge in [0.15, 0.2) is 5.82 Å².